The molecule has 2 N–H and O–H groups in total. The van der Waals surface area contributed by atoms with Crippen molar-refractivity contribution < 1.29 is 14.3 Å². The van der Waals surface area contributed by atoms with Gasteiger partial charge in [0.1, 0.15) is 11.8 Å². The van der Waals surface area contributed by atoms with Gasteiger partial charge in [0.05, 0.1) is 7.11 Å². The van der Waals surface area contributed by atoms with Gasteiger partial charge in [0, 0.05) is 18.8 Å². The number of amides is 3. The molecule has 1 aromatic rings. The Morgan fingerprint density at radius 2 is 2.05 bits per heavy atom. The van der Waals surface area contributed by atoms with Crippen LogP contribution < -0.4 is 15.4 Å². The summed E-state index contributed by atoms with van der Waals surface area (Å²) in [5, 5.41) is 5.62. The number of benzene rings is 1. The van der Waals surface area contributed by atoms with Crippen LogP contribution in [0.25, 0.3) is 0 Å². The van der Waals surface area contributed by atoms with Crippen LogP contribution in [0, 0.1) is 5.92 Å². The minimum atomic E-state index is -0.433. The highest BCUT2D eigenvalue weighted by molar-refractivity contribution is 5.94. The van der Waals surface area contributed by atoms with Gasteiger partial charge in [-0.15, -0.1) is 0 Å². The normalized spacial score (nSPS) is 18.4. The van der Waals surface area contributed by atoms with Crippen LogP contribution in [-0.2, 0) is 4.79 Å². The third kappa shape index (κ3) is 3.45. The second-order valence-corrected chi connectivity index (χ2v) is 5.33. The highest BCUT2D eigenvalue weighted by atomic mass is 16.5. The molecule has 2 rings (SSSR count). The fourth-order valence-corrected chi connectivity index (χ4v) is 2.44. The Morgan fingerprint density at radius 1 is 1.38 bits per heavy atom. The van der Waals surface area contributed by atoms with Crippen molar-refractivity contribution in [3.05, 3.63) is 24.3 Å². The number of rotatable bonds is 3. The topological polar surface area (TPSA) is 70.7 Å². The fourth-order valence-electron chi connectivity index (χ4n) is 2.44. The van der Waals surface area contributed by atoms with E-state index in [0.717, 1.165) is 5.75 Å². The maximum atomic E-state index is 12.4. The van der Waals surface area contributed by atoms with E-state index in [1.54, 1.807) is 36.3 Å². The van der Waals surface area contributed by atoms with E-state index >= 15 is 0 Å². The van der Waals surface area contributed by atoms with Gasteiger partial charge in [-0.1, -0.05) is 13.8 Å². The lowest BCUT2D eigenvalue weighted by molar-refractivity contribution is -0.129. The van der Waals surface area contributed by atoms with E-state index in [0.29, 0.717) is 18.8 Å². The summed E-state index contributed by atoms with van der Waals surface area (Å²) >= 11 is 0. The van der Waals surface area contributed by atoms with Crippen molar-refractivity contribution in [2.75, 3.05) is 25.5 Å². The molecule has 3 amide bonds. The zero-order valence-corrected chi connectivity index (χ0v) is 12.6. The summed E-state index contributed by atoms with van der Waals surface area (Å²) in [6.07, 6.45) is 0. The number of hydrogen-bond acceptors (Lipinski definition) is 3. The maximum Gasteiger partial charge on any atom is 0.322 e. The van der Waals surface area contributed by atoms with Crippen LogP contribution in [0.5, 0.6) is 5.75 Å². The number of nitrogens with zero attached hydrogens (tertiary/aromatic N) is 1. The number of hydrogen-bond donors (Lipinski definition) is 2. The Morgan fingerprint density at radius 3 is 2.62 bits per heavy atom. The molecule has 0 unspecified atom stereocenters. The van der Waals surface area contributed by atoms with Crippen molar-refractivity contribution in [3.63, 3.8) is 0 Å². The minimum Gasteiger partial charge on any atom is -0.497 e. The molecule has 6 heteroatoms. The first-order chi connectivity index (χ1) is 10.0. The molecule has 0 spiro atoms. The summed E-state index contributed by atoms with van der Waals surface area (Å²) in [7, 11) is 1.59. The fraction of sp³-hybridized carbons (Fsp3) is 0.467. The number of methoxy groups -OCH3 is 1. The molecule has 0 saturated carbocycles. The van der Waals surface area contributed by atoms with Crippen LogP contribution in [0.3, 0.4) is 0 Å². The predicted octanol–water partition coefficient (Wildman–Crippen LogP) is 1.68. The molecule has 0 aliphatic carbocycles. The van der Waals surface area contributed by atoms with E-state index in [4.69, 9.17) is 4.74 Å². The number of carbonyl (C=O) groups excluding carboxylic acids is 2. The lowest BCUT2D eigenvalue weighted by Gasteiger charge is -2.37. The van der Waals surface area contributed by atoms with Crippen LogP contribution in [0.15, 0.2) is 24.3 Å². The number of nitrogens with one attached hydrogen (secondary N) is 2. The van der Waals surface area contributed by atoms with Gasteiger partial charge < -0.3 is 20.3 Å². The number of anilines is 1. The average Bonchev–Trinajstić information content (AvgIpc) is 2.47. The molecule has 6 nitrogen and oxygen atoms in total. The number of carbonyl (C=O) groups is 2. The second-order valence-electron chi connectivity index (χ2n) is 5.33. The molecule has 114 valence electrons. The maximum absolute atomic E-state index is 12.4. The zero-order chi connectivity index (χ0) is 15.4. The molecule has 21 heavy (non-hydrogen) atoms. The summed E-state index contributed by atoms with van der Waals surface area (Å²) < 4.78 is 5.08. The molecule has 0 radical (unpaired) electrons. The largest absolute Gasteiger partial charge is 0.497 e. The first-order valence-electron chi connectivity index (χ1n) is 7.02. The van der Waals surface area contributed by atoms with E-state index in [9.17, 15) is 9.59 Å². The van der Waals surface area contributed by atoms with Crippen molar-refractivity contribution >= 4 is 17.6 Å². The first kappa shape index (κ1) is 15.2. The van der Waals surface area contributed by atoms with Crippen LogP contribution in [0.4, 0.5) is 10.5 Å². The van der Waals surface area contributed by atoms with Crippen LogP contribution >= 0.6 is 0 Å². The molecular formula is C15H21N3O3. The van der Waals surface area contributed by atoms with Gasteiger partial charge in [0.2, 0.25) is 5.91 Å². The summed E-state index contributed by atoms with van der Waals surface area (Å²) in [5.41, 5.74) is 0.675. The Labute approximate surface area is 124 Å². The molecule has 1 atom stereocenters. The van der Waals surface area contributed by atoms with E-state index in [-0.39, 0.29) is 17.9 Å². The van der Waals surface area contributed by atoms with Crippen LogP contribution in [0.1, 0.15) is 13.8 Å². The monoisotopic (exact) mass is 291 g/mol. The van der Waals surface area contributed by atoms with Crippen LogP contribution in [-0.4, -0.2) is 43.1 Å². The molecule has 1 aliphatic heterocycles. The number of ether oxygens (including phenoxy) is 1. The van der Waals surface area contributed by atoms with E-state index in [1.807, 2.05) is 13.8 Å². The number of urea groups is 1. The van der Waals surface area contributed by atoms with E-state index in [1.165, 1.54) is 0 Å². The van der Waals surface area contributed by atoms with Gasteiger partial charge in [0.15, 0.2) is 0 Å². The van der Waals surface area contributed by atoms with E-state index < -0.39 is 6.04 Å². The van der Waals surface area contributed by atoms with Crippen molar-refractivity contribution in [1.82, 2.24) is 10.2 Å². The standard InChI is InChI=1S/C15H21N3O3/c1-10(2)13-14(19)16-8-9-18(13)15(20)17-11-4-6-12(21-3)7-5-11/h4-7,10,13H,8-9H2,1-3H3,(H,16,19)(H,17,20)/t13-/m1/s1. The van der Waals surface area contributed by atoms with Gasteiger partial charge in [-0.3, -0.25) is 4.79 Å². The number of piperazine rings is 1. The lowest BCUT2D eigenvalue weighted by Crippen LogP contribution is -2.60. The second kappa shape index (κ2) is 6.47. The highest BCUT2D eigenvalue weighted by Crippen LogP contribution is 2.18. The Bertz CT molecular complexity index is 513. The SMILES string of the molecule is COc1ccc(NC(=O)N2CCNC(=O)[C@H]2C(C)C)cc1. The molecule has 1 aromatic carbocycles. The first-order valence-corrected chi connectivity index (χ1v) is 7.02. The smallest absolute Gasteiger partial charge is 0.322 e. The Balaban J connectivity index is 2.08. The molecule has 1 heterocycles. The molecule has 1 aliphatic rings. The zero-order valence-electron chi connectivity index (χ0n) is 12.6. The summed E-state index contributed by atoms with van der Waals surface area (Å²) in [5.74, 6) is 0.693. The van der Waals surface area contributed by atoms with E-state index in [2.05, 4.69) is 10.6 Å². The third-order valence-electron chi connectivity index (χ3n) is 3.49. The van der Waals surface area contributed by atoms with Gasteiger partial charge in [-0.25, -0.2) is 4.79 Å². The lowest BCUT2D eigenvalue weighted by atomic mass is 10.00. The minimum absolute atomic E-state index is 0.0620. The molecular weight excluding hydrogens is 270 g/mol. The van der Waals surface area contributed by atoms with Gasteiger partial charge in [0.25, 0.3) is 0 Å². The Kier molecular flexibility index (Phi) is 4.67. The van der Waals surface area contributed by atoms with Gasteiger partial charge in [-0.2, -0.15) is 0 Å². The quantitative estimate of drug-likeness (QED) is 0.890. The van der Waals surface area contributed by atoms with Gasteiger partial charge in [-0.05, 0) is 30.2 Å². The highest BCUT2D eigenvalue weighted by Gasteiger charge is 2.35. The molecule has 0 aromatic heterocycles. The Hall–Kier alpha value is -2.24. The predicted molar refractivity (Wildman–Crippen MR) is 80.4 cm³/mol. The molecule has 1 fully saturated rings. The molecule has 1 saturated heterocycles. The van der Waals surface area contributed by atoms with Crippen molar-refractivity contribution in [2.24, 2.45) is 5.92 Å². The average molecular weight is 291 g/mol. The third-order valence-corrected chi connectivity index (χ3v) is 3.49. The van der Waals surface area contributed by atoms with Crippen LogP contribution in [0.2, 0.25) is 0 Å². The van der Waals surface area contributed by atoms with Crippen molar-refractivity contribution in [3.8, 4) is 5.75 Å². The van der Waals surface area contributed by atoms with Crippen molar-refractivity contribution in [2.45, 2.75) is 19.9 Å². The summed E-state index contributed by atoms with van der Waals surface area (Å²) in [4.78, 5) is 25.9. The van der Waals surface area contributed by atoms with Crippen molar-refractivity contribution in [1.29, 1.82) is 0 Å². The van der Waals surface area contributed by atoms with Gasteiger partial charge >= 0.3 is 6.03 Å². The molecule has 0 bridgehead atoms. The summed E-state index contributed by atoms with van der Waals surface area (Å²) in [6.45, 7) is 4.86. The summed E-state index contributed by atoms with van der Waals surface area (Å²) in [6, 6.07) is 6.40.